The van der Waals surface area contributed by atoms with Gasteiger partial charge in [-0.1, -0.05) is 12.1 Å². The predicted molar refractivity (Wildman–Crippen MR) is 81.3 cm³/mol. The second kappa shape index (κ2) is 6.17. The Morgan fingerprint density at radius 3 is 2.68 bits per heavy atom. The molecule has 6 nitrogen and oxygen atoms in total. The van der Waals surface area contributed by atoms with Gasteiger partial charge in [0, 0.05) is 26.1 Å². The molecule has 1 amide bonds. The van der Waals surface area contributed by atoms with Crippen molar-refractivity contribution in [2.24, 2.45) is 5.92 Å². The maximum absolute atomic E-state index is 12.3. The van der Waals surface area contributed by atoms with Crippen LogP contribution < -0.4 is 0 Å². The first kappa shape index (κ1) is 14.6. The van der Waals surface area contributed by atoms with Crippen molar-refractivity contribution in [3.63, 3.8) is 0 Å². The minimum Gasteiger partial charge on any atom is -0.481 e. The van der Waals surface area contributed by atoms with Gasteiger partial charge in [-0.25, -0.2) is 4.98 Å². The van der Waals surface area contributed by atoms with E-state index in [1.165, 1.54) is 0 Å². The fourth-order valence-corrected chi connectivity index (χ4v) is 2.94. The van der Waals surface area contributed by atoms with Gasteiger partial charge < -0.3 is 14.6 Å². The molecule has 0 unspecified atom stereocenters. The Labute approximate surface area is 128 Å². The summed E-state index contributed by atoms with van der Waals surface area (Å²) in [5, 5.41) is 8.98. The Kier molecular flexibility index (Phi) is 4.09. The third-order valence-electron chi connectivity index (χ3n) is 4.29. The number of rotatable bonds is 4. The highest BCUT2D eigenvalue weighted by molar-refractivity contribution is 5.78. The minimum absolute atomic E-state index is 0.0848. The van der Waals surface area contributed by atoms with Crippen LogP contribution >= 0.6 is 0 Å². The number of aromatic nitrogens is 2. The average Bonchev–Trinajstić information content (AvgIpc) is 2.96. The maximum Gasteiger partial charge on any atom is 0.306 e. The van der Waals surface area contributed by atoms with E-state index in [0.29, 0.717) is 38.9 Å². The lowest BCUT2D eigenvalue weighted by Gasteiger charge is -2.30. The van der Waals surface area contributed by atoms with Crippen molar-refractivity contribution in [2.45, 2.75) is 25.8 Å². The summed E-state index contributed by atoms with van der Waals surface area (Å²) in [4.78, 5) is 29.3. The third kappa shape index (κ3) is 2.95. The molecule has 0 saturated carbocycles. The second-order valence-electron chi connectivity index (χ2n) is 5.67. The van der Waals surface area contributed by atoms with E-state index in [1.807, 2.05) is 28.8 Å². The van der Waals surface area contributed by atoms with Crippen LogP contribution in [0.1, 0.15) is 19.3 Å². The zero-order chi connectivity index (χ0) is 15.5. The number of carboxylic acid groups (broad SMARTS) is 1. The lowest BCUT2D eigenvalue weighted by molar-refractivity contribution is -0.145. The number of amides is 1. The van der Waals surface area contributed by atoms with Gasteiger partial charge in [0.15, 0.2) is 0 Å². The van der Waals surface area contributed by atoms with Crippen molar-refractivity contribution in [3.8, 4) is 0 Å². The molecule has 1 fully saturated rings. The van der Waals surface area contributed by atoms with E-state index < -0.39 is 5.97 Å². The van der Waals surface area contributed by atoms with Gasteiger partial charge in [0.1, 0.15) is 0 Å². The minimum atomic E-state index is -0.753. The van der Waals surface area contributed by atoms with Crippen LogP contribution in [0.5, 0.6) is 0 Å². The van der Waals surface area contributed by atoms with Crippen LogP contribution in [0.15, 0.2) is 30.6 Å². The van der Waals surface area contributed by atoms with Crippen LogP contribution in [0.25, 0.3) is 11.0 Å². The molecule has 6 heteroatoms. The van der Waals surface area contributed by atoms with E-state index in [2.05, 4.69) is 4.98 Å². The number of carbonyl (C=O) groups is 2. The highest BCUT2D eigenvalue weighted by Gasteiger charge is 2.26. The SMILES string of the molecule is O=C(O)C1CCN(C(=O)CCn2cnc3ccccc32)CC1. The molecule has 1 aliphatic rings. The van der Waals surface area contributed by atoms with Crippen LogP contribution in [0.3, 0.4) is 0 Å². The van der Waals surface area contributed by atoms with Crippen LogP contribution in [-0.2, 0) is 16.1 Å². The summed E-state index contributed by atoms with van der Waals surface area (Å²) in [6.07, 6.45) is 3.27. The Morgan fingerprint density at radius 2 is 1.95 bits per heavy atom. The zero-order valence-electron chi connectivity index (χ0n) is 12.3. The van der Waals surface area contributed by atoms with E-state index in [0.717, 1.165) is 11.0 Å². The fraction of sp³-hybridized carbons (Fsp3) is 0.438. The molecule has 1 aromatic carbocycles. The Morgan fingerprint density at radius 1 is 1.23 bits per heavy atom. The molecule has 2 heterocycles. The predicted octanol–water partition coefficient (Wildman–Crippen LogP) is 1.75. The van der Waals surface area contributed by atoms with Crippen LogP contribution in [0.2, 0.25) is 0 Å². The number of carbonyl (C=O) groups excluding carboxylic acids is 1. The van der Waals surface area contributed by atoms with Gasteiger partial charge >= 0.3 is 5.97 Å². The molecule has 1 aromatic heterocycles. The molecule has 1 saturated heterocycles. The molecule has 1 N–H and O–H groups in total. The summed E-state index contributed by atoms with van der Waals surface area (Å²) in [5.74, 6) is -0.972. The van der Waals surface area contributed by atoms with Gasteiger partial charge in [-0.05, 0) is 25.0 Å². The maximum atomic E-state index is 12.3. The summed E-state index contributed by atoms with van der Waals surface area (Å²) in [6, 6.07) is 7.84. The van der Waals surface area contributed by atoms with Gasteiger partial charge in [0.2, 0.25) is 5.91 Å². The van der Waals surface area contributed by atoms with Crippen molar-refractivity contribution in [1.29, 1.82) is 0 Å². The van der Waals surface area contributed by atoms with E-state index in [-0.39, 0.29) is 11.8 Å². The van der Waals surface area contributed by atoms with Crippen molar-refractivity contribution in [3.05, 3.63) is 30.6 Å². The molecule has 0 bridgehead atoms. The molecular weight excluding hydrogens is 282 g/mol. The molecule has 3 rings (SSSR count). The largest absolute Gasteiger partial charge is 0.481 e. The Bertz CT molecular complexity index is 687. The number of aliphatic carboxylic acids is 1. The molecule has 0 spiro atoms. The second-order valence-corrected chi connectivity index (χ2v) is 5.67. The van der Waals surface area contributed by atoms with Crippen molar-refractivity contribution < 1.29 is 14.7 Å². The van der Waals surface area contributed by atoms with Gasteiger partial charge in [-0.3, -0.25) is 9.59 Å². The number of fused-ring (bicyclic) bond motifs is 1. The highest BCUT2D eigenvalue weighted by atomic mass is 16.4. The van der Waals surface area contributed by atoms with E-state index in [9.17, 15) is 9.59 Å². The molecule has 22 heavy (non-hydrogen) atoms. The topological polar surface area (TPSA) is 75.4 Å². The standard InChI is InChI=1S/C16H19N3O3/c20-15(18-8-5-12(6-9-18)16(21)22)7-10-19-11-17-13-3-1-2-4-14(13)19/h1-4,11-12H,5-10H2,(H,21,22). The quantitative estimate of drug-likeness (QED) is 0.933. The number of benzene rings is 1. The summed E-state index contributed by atoms with van der Waals surface area (Å²) in [6.45, 7) is 1.68. The molecule has 0 radical (unpaired) electrons. The normalized spacial score (nSPS) is 16.1. The van der Waals surface area contributed by atoms with Gasteiger partial charge in [-0.15, -0.1) is 0 Å². The first-order chi connectivity index (χ1) is 10.6. The number of carboxylic acids is 1. The van der Waals surface area contributed by atoms with Crippen LogP contribution in [-0.4, -0.2) is 44.5 Å². The zero-order valence-corrected chi connectivity index (χ0v) is 12.3. The molecule has 1 aliphatic heterocycles. The fourth-order valence-electron chi connectivity index (χ4n) is 2.94. The van der Waals surface area contributed by atoms with Crippen LogP contribution in [0.4, 0.5) is 0 Å². The lowest BCUT2D eigenvalue weighted by Crippen LogP contribution is -2.40. The molecule has 0 aliphatic carbocycles. The Balaban J connectivity index is 1.56. The summed E-state index contributed by atoms with van der Waals surface area (Å²) < 4.78 is 1.98. The molecular formula is C16H19N3O3. The van der Waals surface area contributed by atoms with Gasteiger partial charge in [-0.2, -0.15) is 0 Å². The van der Waals surface area contributed by atoms with Crippen LogP contribution in [0, 0.1) is 5.92 Å². The average molecular weight is 301 g/mol. The summed E-state index contributed by atoms with van der Waals surface area (Å²) in [5.41, 5.74) is 1.96. The first-order valence-corrected chi connectivity index (χ1v) is 7.55. The summed E-state index contributed by atoms with van der Waals surface area (Å²) in [7, 11) is 0. The van der Waals surface area contributed by atoms with Crippen molar-refractivity contribution in [2.75, 3.05) is 13.1 Å². The molecule has 2 aromatic rings. The number of aryl methyl sites for hydroxylation is 1. The smallest absolute Gasteiger partial charge is 0.306 e. The number of piperidine rings is 1. The number of nitrogens with zero attached hydrogens (tertiary/aromatic N) is 3. The van der Waals surface area contributed by atoms with E-state index >= 15 is 0 Å². The monoisotopic (exact) mass is 301 g/mol. The number of hydrogen-bond acceptors (Lipinski definition) is 3. The van der Waals surface area contributed by atoms with E-state index in [1.54, 1.807) is 11.2 Å². The lowest BCUT2D eigenvalue weighted by atomic mass is 9.97. The highest BCUT2D eigenvalue weighted by Crippen LogP contribution is 2.18. The van der Waals surface area contributed by atoms with Gasteiger partial charge in [0.05, 0.1) is 23.3 Å². The number of imidazole rings is 1. The first-order valence-electron chi connectivity index (χ1n) is 7.55. The number of para-hydroxylation sites is 2. The van der Waals surface area contributed by atoms with Gasteiger partial charge in [0.25, 0.3) is 0 Å². The number of likely N-dealkylation sites (tertiary alicyclic amines) is 1. The van der Waals surface area contributed by atoms with Crippen molar-refractivity contribution in [1.82, 2.24) is 14.5 Å². The summed E-state index contributed by atoms with van der Waals surface area (Å²) >= 11 is 0. The number of hydrogen-bond donors (Lipinski definition) is 1. The van der Waals surface area contributed by atoms with Crippen molar-refractivity contribution >= 4 is 22.9 Å². The molecule has 116 valence electrons. The molecule has 0 atom stereocenters. The Hall–Kier alpha value is -2.37. The third-order valence-corrected chi connectivity index (χ3v) is 4.29. The van der Waals surface area contributed by atoms with E-state index in [4.69, 9.17) is 5.11 Å².